The second-order valence-corrected chi connectivity index (χ2v) is 5.12. The summed E-state index contributed by atoms with van der Waals surface area (Å²) in [5.41, 5.74) is 0.679. The van der Waals surface area contributed by atoms with Crippen molar-refractivity contribution in [2.24, 2.45) is 4.99 Å². The topological polar surface area (TPSA) is 53.2 Å². The molecule has 0 amide bonds. The van der Waals surface area contributed by atoms with Gasteiger partial charge in [0, 0.05) is 18.1 Å². The Labute approximate surface area is 101 Å². The van der Waals surface area contributed by atoms with Crippen LogP contribution in [0.1, 0.15) is 56.7 Å². The highest BCUT2D eigenvalue weighted by Crippen LogP contribution is 2.35. The molecule has 0 aromatic carbocycles. The fourth-order valence-electron chi connectivity index (χ4n) is 2.54. The molecule has 0 aliphatic heterocycles. The van der Waals surface area contributed by atoms with Crippen molar-refractivity contribution in [2.75, 3.05) is 0 Å². The highest BCUT2D eigenvalue weighted by Gasteiger charge is 2.26. The molecule has 0 bridgehead atoms. The number of hydrogen-bond acceptors (Lipinski definition) is 3. The van der Waals surface area contributed by atoms with Gasteiger partial charge in [-0.25, -0.2) is 0 Å². The van der Waals surface area contributed by atoms with E-state index >= 15 is 0 Å². The SMILES string of the molecule is [O-]C(=NC1CCCCC1)c1ccnn1C1CC1. The van der Waals surface area contributed by atoms with E-state index in [1.807, 2.05) is 4.68 Å². The Morgan fingerprint density at radius 3 is 2.71 bits per heavy atom. The average molecular weight is 232 g/mol. The molecule has 0 N–H and O–H groups in total. The van der Waals surface area contributed by atoms with Gasteiger partial charge < -0.3 is 5.11 Å². The van der Waals surface area contributed by atoms with E-state index in [0.717, 1.165) is 25.7 Å². The summed E-state index contributed by atoms with van der Waals surface area (Å²) in [7, 11) is 0. The zero-order valence-electron chi connectivity index (χ0n) is 10.0. The second kappa shape index (κ2) is 4.51. The highest BCUT2D eigenvalue weighted by atomic mass is 16.3. The quantitative estimate of drug-likeness (QED) is 0.588. The molecule has 1 aromatic rings. The summed E-state index contributed by atoms with van der Waals surface area (Å²) in [6.45, 7) is 0. The summed E-state index contributed by atoms with van der Waals surface area (Å²) in [6, 6.07) is 2.50. The lowest BCUT2D eigenvalue weighted by molar-refractivity contribution is -0.214. The number of rotatable bonds is 3. The van der Waals surface area contributed by atoms with E-state index in [1.165, 1.54) is 19.3 Å². The molecular formula is C13H18N3O-. The third kappa shape index (κ3) is 2.35. The average Bonchev–Trinajstić information content (AvgIpc) is 3.08. The number of hydrogen-bond donors (Lipinski definition) is 0. The maximum atomic E-state index is 12.1. The molecule has 17 heavy (non-hydrogen) atoms. The van der Waals surface area contributed by atoms with Crippen LogP contribution in [0, 0.1) is 0 Å². The van der Waals surface area contributed by atoms with Crippen LogP contribution >= 0.6 is 0 Å². The molecule has 0 saturated heterocycles. The van der Waals surface area contributed by atoms with Gasteiger partial charge in [-0.3, -0.25) is 9.67 Å². The van der Waals surface area contributed by atoms with Crippen LogP contribution in [-0.4, -0.2) is 21.7 Å². The van der Waals surface area contributed by atoms with Gasteiger partial charge >= 0.3 is 0 Å². The Bertz CT molecular complexity index is 414. The van der Waals surface area contributed by atoms with Crippen LogP contribution < -0.4 is 5.11 Å². The molecule has 0 spiro atoms. The molecule has 4 heteroatoms. The predicted molar refractivity (Wildman–Crippen MR) is 63.9 cm³/mol. The number of nitrogens with zero attached hydrogens (tertiary/aromatic N) is 3. The molecule has 4 nitrogen and oxygen atoms in total. The molecule has 1 heterocycles. The van der Waals surface area contributed by atoms with E-state index in [9.17, 15) is 5.11 Å². The van der Waals surface area contributed by atoms with Crippen molar-refractivity contribution in [3.63, 3.8) is 0 Å². The van der Waals surface area contributed by atoms with Gasteiger partial charge in [0.25, 0.3) is 0 Å². The molecule has 0 atom stereocenters. The van der Waals surface area contributed by atoms with Crippen LogP contribution in [0.5, 0.6) is 0 Å². The molecule has 0 unspecified atom stereocenters. The molecule has 2 aliphatic carbocycles. The number of aliphatic imine (C=N–C) groups is 1. The summed E-state index contributed by atoms with van der Waals surface area (Å²) in [5, 5.41) is 16.3. The van der Waals surface area contributed by atoms with Gasteiger partial charge in [-0.1, -0.05) is 19.3 Å². The van der Waals surface area contributed by atoms with Crippen molar-refractivity contribution < 1.29 is 5.11 Å². The summed E-state index contributed by atoms with van der Waals surface area (Å²) < 4.78 is 1.86. The minimum Gasteiger partial charge on any atom is -0.857 e. The van der Waals surface area contributed by atoms with Gasteiger partial charge in [-0.05, 0) is 31.7 Å². The highest BCUT2D eigenvalue weighted by molar-refractivity contribution is 5.88. The van der Waals surface area contributed by atoms with Crippen LogP contribution in [-0.2, 0) is 0 Å². The number of aromatic nitrogens is 2. The van der Waals surface area contributed by atoms with E-state index in [1.54, 1.807) is 12.3 Å². The molecule has 2 fully saturated rings. The van der Waals surface area contributed by atoms with Crippen LogP contribution in [0.4, 0.5) is 0 Å². The summed E-state index contributed by atoms with van der Waals surface area (Å²) >= 11 is 0. The largest absolute Gasteiger partial charge is 0.857 e. The molecule has 92 valence electrons. The van der Waals surface area contributed by atoms with Crippen molar-refractivity contribution in [3.05, 3.63) is 18.0 Å². The van der Waals surface area contributed by atoms with Crippen LogP contribution in [0.2, 0.25) is 0 Å². The first-order chi connectivity index (χ1) is 8.34. The zero-order valence-corrected chi connectivity index (χ0v) is 10.0. The molecule has 0 radical (unpaired) electrons. The second-order valence-electron chi connectivity index (χ2n) is 5.12. The standard InChI is InChI=1S/C13H19N3O/c17-13(15-10-4-2-1-3-5-10)12-8-9-14-16(12)11-6-7-11/h8-11H,1-7H2,(H,15,17)/p-1. The smallest absolute Gasteiger partial charge is 0.0716 e. The van der Waals surface area contributed by atoms with Gasteiger partial charge in [0.15, 0.2) is 0 Å². The fraction of sp³-hybridized carbons (Fsp3) is 0.692. The zero-order chi connectivity index (χ0) is 11.7. The van der Waals surface area contributed by atoms with Crippen molar-refractivity contribution in [3.8, 4) is 0 Å². The van der Waals surface area contributed by atoms with Crippen molar-refractivity contribution in [2.45, 2.75) is 57.0 Å². The summed E-state index contributed by atoms with van der Waals surface area (Å²) in [6.07, 6.45) is 9.86. The van der Waals surface area contributed by atoms with E-state index in [-0.39, 0.29) is 11.9 Å². The minimum atomic E-state index is -0.0682. The molecule has 1 aromatic heterocycles. The van der Waals surface area contributed by atoms with Crippen molar-refractivity contribution in [1.82, 2.24) is 9.78 Å². The van der Waals surface area contributed by atoms with Gasteiger partial charge in [0.2, 0.25) is 0 Å². The maximum absolute atomic E-state index is 12.1. The van der Waals surface area contributed by atoms with Crippen molar-refractivity contribution in [1.29, 1.82) is 0 Å². The van der Waals surface area contributed by atoms with Crippen molar-refractivity contribution >= 4 is 5.90 Å². The minimum absolute atomic E-state index is 0.0682. The third-order valence-electron chi connectivity index (χ3n) is 3.66. The third-order valence-corrected chi connectivity index (χ3v) is 3.66. The van der Waals surface area contributed by atoms with E-state index in [0.29, 0.717) is 11.7 Å². The lowest BCUT2D eigenvalue weighted by Crippen LogP contribution is -2.26. The monoisotopic (exact) mass is 232 g/mol. The molecular weight excluding hydrogens is 214 g/mol. The van der Waals surface area contributed by atoms with E-state index in [2.05, 4.69) is 10.1 Å². The Kier molecular flexibility index (Phi) is 2.87. The van der Waals surface area contributed by atoms with Crippen LogP contribution in [0.15, 0.2) is 17.3 Å². The van der Waals surface area contributed by atoms with E-state index in [4.69, 9.17) is 0 Å². The molecule has 3 rings (SSSR count). The Hall–Kier alpha value is -1.32. The van der Waals surface area contributed by atoms with Crippen LogP contribution in [0.3, 0.4) is 0 Å². The first-order valence-electron chi connectivity index (χ1n) is 6.63. The maximum Gasteiger partial charge on any atom is 0.0716 e. The van der Waals surface area contributed by atoms with Gasteiger partial charge in [-0.2, -0.15) is 5.10 Å². The predicted octanol–water partition coefficient (Wildman–Crippen LogP) is 1.66. The van der Waals surface area contributed by atoms with E-state index < -0.39 is 0 Å². The van der Waals surface area contributed by atoms with Gasteiger partial charge in [-0.15, -0.1) is 0 Å². The first-order valence-corrected chi connectivity index (χ1v) is 6.63. The molecule has 2 aliphatic rings. The Morgan fingerprint density at radius 2 is 2.00 bits per heavy atom. The lowest BCUT2D eigenvalue weighted by Gasteiger charge is -2.21. The normalized spacial score (nSPS) is 22.9. The molecule has 2 saturated carbocycles. The van der Waals surface area contributed by atoms with Crippen LogP contribution in [0.25, 0.3) is 0 Å². The fourth-order valence-corrected chi connectivity index (χ4v) is 2.54. The first kappa shape index (κ1) is 10.8. The Balaban J connectivity index is 1.77. The lowest BCUT2D eigenvalue weighted by atomic mass is 9.96. The van der Waals surface area contributed by atoms with Gasteiger partial charge in [0.05, 0.1) is 11.7 Å². The summed E-state index contributed by atoms with van der Waals surface area (Å²) in [5.74, 6) is -0.0682. The summed E-state index contributed by atoms with van der Waals surface area (Å²) in [4.78, 5) is 4.35. The van der Waals surface area contributed by atoms with Gasteiger partial charge in [0.1, 0.15) is 0 Å². The Morgan fingerprint density at radius 1 is 1.24 bits per heavy atom.